The molecular weight excluding hydrogens is 378 g/mol. The molecule has 0 aliphatic rings. The molecule has 0 atom stereocenters. The number of fused-ring (bicyclic) bond motifs is 3. The summed E-state index contributed by atoms with van der Waals surface area (Å²) in [6, 6.07) is 17.7. The Morgan fingerprint density at radius 3 is 2.67 bits per heavy atom. The number of rotatable bonds is 3. The van der Waals surface area contributed by atoms with E-state index in [-0.39, 0.29) is 5.69 Å². The minimum absolute atomic E-state index is 0.236. The van der Waals surface area contributed by atoms with Gasteiger partial charge in [0.15, 0.2) is 5.65 Å². The molecule has 0 spiro atoms. The fourth-order valence-corrected chi connectivity index (χ4v) is 3.70. The Kier molecular flexibility index (Phi) is 3.51. The number of hydrogen-bond acceptors (Lipinski definition) is 5. The van der Waals surface area contributed by atoms with E-state index >= 15 is 0 Å². The molecule has 144 valence electrons. The van der Waals surface area contributed by atoms with Gasteiger partial charge >= 0.3 is 5.69 Å². The zero-order valence-electron chi connectivity index (χ0n) is 15.7. The largest absolute Gasteiger partial charge is 0.328 e. The van der Waals surface area contributed by atoms with Crippen LogP contribution in [-0.2, 0) is 6.54 Å². The molecule has 0 aliphatic carbocycles. The van der Waals surface area contributed by atoms with Crippen molar-refractivity contribution < 1.29 is 0 Å². The third-order valence-corrected chi connectivity index (χ3v) is 5.16. The number of hydrogen-bond donors (Lipinski definition) is 1. The van der Waals surface area contributed by atoms with Gasteiger partial charge in [-0.25, -0.2) is 14.8 Å². The molecular formula is C22H15N7O. The molecule has 30 heavy (non-hydrogen) atoms. The first-order chi connectivity index (χ1) is 14.8. The van der Waals surface area contributed by atoms with E-state index in [1.165, 1.54) is 0 Å². The molecule has 6 rings (SSSR count). The number of para-hydroxylation sites is 3. The standard InChI is InChI=1S/C22H15N7O/c30-22-26-18-11-24-21(29-13-25-17-7-3-4-8-19(17)29)27-20(18)28(22)12-14-9-15-5-1-2-6-16(15)23-10-14/h1-11,13H,12H2,(H,26,30). The van der Waals surface area contributed by atoms with Crippen molar-refractivity contribution in [3.05, 3.63) is 89.4 Å². The number of imidazole rings is 2. The van der Waals surface area contributed by atoms with Crippen LogP contribution in [0.1, 0.15) is 5.56 Å². The Balaban J connectivity index is 1.48. The molecule has 0 aliphatic heterocycles. The lowest BCUT2D eigenvalue weighted by molar-refractivity contribution is 0.773. The van der Waals surface area contributed by atoms with E-state index in [9.17, 15) is 4.79 Å². The molecule has 0 amide bonds. The smallest absolute Gasteiger partial charge is 0.303 e. The van der Waals surface area contributed by atoms with Crippen molar-refractivity contribution in [3.8, 4) is 5.95 Å². The highest BCUT2D eigenvalue weighted by molar-refractivity contribution is 5.79. The van der Waals surface area contributed by atoms with Crippen molar-refractivity contribution in [1.82, 2.24) is 34.1 Å². The van der Waals surface area contributed by atoms with E-state index in [1.807, 2.05) is 59.2 Å². The van der Waals surface area contributed by atoms with Crippen LogP contribution >= 0.6 is 0 Å². The molecule has 0 radical (unpaired) electrons. The quantitative estimate of drug-likeness (QED) is 0.499. The van der Waals surface area contributed by atoms with Crippen LogP contribution in [0, 0.1) is 0 Å². The molecule has 8 nitrogen and oxygen atoms in total. The molecule has 0 saturated heterocycles. The Hall–Kier alpha value is -4.33. The highest BCUT2D eigenvalue weighted by Gasteiger charge is 2.13. The van der Waals surface area contributed by atoms with Gasteiger partial charge in [-0.05, 0) is 29.8 Å². The normalized spacial score (nSPS) is 11.6. The van der Waals surface area contributed by atoms with E-state index in [0.29, 0.717) is 23.7 Å². The minimum atomic E-state index is -0.236. The molecule has 2 aromatic carbocycles. The Morgan fingerprint density at radius 2 is 1.73 bits per heavy atom. The highest BCUT2D eigenvalue weighted by Crippen LogP contribution is 2.18. The van der Waals surface area contributed by atoms with Gasteiger partial charge in [-0.1, -0.05) is 30.3 Å². The van der Waals surface area contributed by atoms with Crippen LogP contribution in [0.15, 0.2) is 78.1 Å². The number of aromatic amines is 1. The van der Waals surface area contributed by atoms with Gasteiger partial charge in [0.25, 0.3) is 0 Å². The van der Waals surface area contributed by atoms with Gasteiger partial charge in [0, 0.05) is 11.6 Å². The van der Waals surface area contributed by atoms with Crippen molar-refractivity contribution in [2.75, 3.05) is 0 Å². The fraction of sp³-hybridized carbons (Fsp3) is 0.0455. The molecule has 0 unspecified atom stereocenters. The number of aromatic nitrogens is 7. The number of H-pyrrole nitrogens is 1. The third-order valence-electron chi connectivity index (χ3n) is 5.16. The van der Waals surface area contributed by atoms with E-state index in [1.54, 1.807) is 23.3 Å². The zero-order valence-corrected chi connectivity index (χ0v) is 15.7. The second-order valence-corrected chi connectivity index (χ2v) is 7.06. The van der Waals surface area contributed by atoms with Crippen LogP contribution in [0.3, 0.4) is 0 Å². The summed E-state index contributed by atoms with van der Waals surface area (Å²) >= 11 is 0. The van der Waals surface area contributed by atoms with Crippen LogP contribution in [0.5, 0.6) is 0 Å². The van der Waals surface area contributed by atoms with Gasteiger partial charge in [-0.2, -0.15) is 4.98 Å². The Bertz CT molecular complexity index is 1610. The molecule has 8 heteroatoms. The molecule has 4 aromatic heterocycles. The van der Waals surface area contributed by atoms with Crippen LogP contribution in [0.4, 0.5) is 0 Å². The topological polar surface area (TPSA) is 94.3 Å². The first-order valence-electron chi connectivity index (χ1n) is 9.48. The molecule has 0 bridgehead atoms. The first kappa shape index (κ1) is 16.6. The Morgan fingerprint density at radius 1 is 0.900 bits per heavy atom. The van der Waals surface area contributed by atoms with Crippen LogP contribution < -0.4 is 5.69 Å². The average Bonchev–Trinajstić information content (AvgIpc) is 3.34. The van der Waals surface area contributed by atoms with Gasteiger partial charge in [-0.3, -0.25) is 14.1 Å². The number of pyridine rings is 1. The number of nitrogens with one attached hydrogen (secondary N) is 1. The van der Waals surface area contributed by atoms with Gasteiger partial charge < -0.3 is 4.98 Å². The summed E-state index contributed by atoms with van der Waals surface area (Å²) in [5.74, 6) is 0.459. The van der Waals surface area contributed by atoms with Gasteiger partial charge in [-0.15, -0.1) is 0 Å². The SMILES string of the molecule is O=c1[nH]c2cnc(-n3cnc4ccccc43)nc2n1Cc1cnc2ccccc2c1. The summed E-state index contributed by atoms with van der Waals surface area (Å²) < 4.78 is 3.42. The minimum Gasteiger partial charge on any atom is -0.303 e. The van der Waals surface area contributed by atoms with E-state index in [2.05, 4.69) is 24.9 Å². The van der Waals surface area contributed by atoms with Crippen molar-refractivity contribution in [3.63, 3.8) is 0 Å². The van der Waals surface area contributed by atoms with Crippen molar-refractivity contribution in [2.45, 2.75) is 6.54 Å². The average molecular weight is 393 g/mol. The maximum absolute atomic E-state index is 12.6. The van der Waals surface area contributed by atoms with Gasteiger partial charge in [0.05, 0.1) is 29.3 Å². The molecule has 6 aromatic rings. The summed E-state index contributed by atoms with van der Waals surface area (Å²) in [6.45, 7) is 0.359. The molecule has 4 heterocycles. The van der Waals surface area contributed by atoms with Gasteiger partial charge in [0.2, 0.25) is 5.95 Å². The molecule has 1 N–H and O–H groups in total. The lowest BCUT2D eigenvalue weighted by Gasteiger charge is -2.06. The van der Waals surface area contributed by atoms with Crippen molar-refractivity contribution in [1.29, 1.82) is 0 Å². The summed E-state index contributed by atoms with van der Waals surface area (Å²) in [6.07, 6.45) is 5.11. The maximum Gasteiger partial charge on any atom is 0.328 e. The first-order valence-corrected chi connectivity index (χ1v) is 9.48. The predicted octanol–water partition coefficient (Wildman–Crippen LogP) is 3.06. The third kappa shape index (κ3) is 2.58. The molecule has 0 saturated carbocycles. The van der Waals surface area contributed by atoms with Crippen LogP contribution in [0.25, 0.3) is 39.0 Å². The highest BCUT2D eigenvalue weighted by atomic mass is 16.1. The summed E-state index contributed by atoms with van der Waals surface area (Å²) in [5.41, 5.74) is 4.49. The van der Waals surface area contributed by atoms with E-state index in [4.69, 9.17) is 0 Å². The summed E-state index contributed by atoms with van der Waals surface area (Å²) in [7, 11) is 0. The van der Waals surface area contributed by atoms with Crippen molar-refractivity contribution >= 4 is 33.1 Å². The maximum atomic E-state index is 12.6. The number of nitrogens with zero attached hydrogens (tertiary/aromatic N) is 6. The summed E-state index contributed by atoms with van der Waals surface area (Å²) in [4.78, 5) is 33.4. The monoisotopic (exact) mass is 393 g/mol. The fourth-order valence-electron chi connectivity index (χ4n) is 3.70. The van der Waals surface area contributed by atoms with Crippen LogP contribution in [-0.4, -0.2) is 34.1 Å². The lowest BCUT2D eigenvalue weighted by atomic mass is 10.1. The van der Waals surface area contributed by atoms with Crippen LogP contribution in [0.2, 0.25) is 0 Å². The second-order valence-electron chi connectivity index (χ2n) is 7.06. The van der Waals surface area contributed by atoms with E-state index < -0.39 is 0 Å². The zero-order chi connectivity index (χ0) is 20.1. The Labute approximate surface area is 169 Å². The number of benzene rings is 2. The van der Waals surface area contributed by atoms with Gasteiger partial charge in [0.1, 0.15) is 11.8 Å². The lowest BCUT2D eigenvalue weighted by Crippen LogP contribution is -2.18. The second kappa shape index (κ2) is 6.35. The van der Waals surface area contributed by atoms with Crippen molar-refractivity contribution in [2.24, 2.45) is 0 Å². The summed E-state index contributed by atoms with van der Waals surface area (Å²) in [5, 5.41) is 1.03. The molecule has 0 fully saturated rings. The van der Waals surface area contributed by atoms with E-state index in [0.717, 1.165) is 27.5 Å². The predicted molar refractivity (Wildman–Crippen MR) is 114 cm³/mol.